The molecule has 16 heteroatoms. The molecule has 2 aliphatic heterocycles. The fourth-order valence-corrected chi connectivity index (χ4v) is 5.06. The molecule has 5 N–H and O–H groups in total. The van der Waals surface area contributed by atoms with Crippen molar-refractivity contribution in [1.29, 1.82) is 0 Å². The molecule has 2 aliphatic rings. The standard InChI is InChI=1S/C20H29N6O9P/c1-19(2)7-11(20(3,4)26(19)30)8-24-9-12(22-23-24)15-16(28)13(10-34-36(31,32)33)35-17(15)25-6-5-14(27)21-18(25)29/h5-7,9,13,15-17,28,30H,8,10H2,1-4H3,(H,21,27,29)(H2,31,32,33)/t13-,15-,16-,17-/m1/s1. The molecule has 15 nitrogen and oxygen atoms in total. The van der Waals surface area contributed by atoms with Gasteiger partial charge in [-0.2, -0.15) is 5.06 Å². The second-order valence-corrected chi connectivity index (χ2v) is 11.2. The van der Waals surface area contributed by atoms with Gasteiger partial charge in [0.1, 0.15) is 12.3 Å². The number of aromatic nitrogens is 5. The molecular formula is C20H29N6O9P. The van der Waals surface area contributed by atoms with Crippen molar-refractivity contribution in [3.05, 3.63) is 56.6 Å². The van der Waals surface area contributed by atoms with Crippen LogP contribution in [0.5, 0.6) is 0 Å². The van der Waals surface area contributed by atoms with Crippen molar-refractivity contribution in [2.24, 2.45) is 0 Å². The van der Waals surface area contributed by atoms with E-state index in [1.165, 1.54) is 15.9 Å². The Labute approximate surface area is 204 Å². The van der Waals surface area contributed by atoms with Gasteiger partial charge in [-0.05, 0) is 33.3 Å². The number of hydroxylamine groups is 2. The molecule has 4 atom stereocenters. The lowest BCUT2D eigenvalue weighted by atomic mass is 9.96. The van der Waals surface area contributed by atoms with Gasteiger partial charge in [0.05, 0.1) is 41.9 Å². The summed E-state index contributed by atoms with van der Waals surface area (Å²) < 4.78 is 24.0. The lowest BCUT2D eigenvalue weighted by Gasteiger charge is -2.36. The van der Waals surface area contributed by atoms with Gasteiger partial charge >= 0.3 is 13.5 Å². The fourth-order valence-electron chi connectivity index (χ4n) is 4.72. The Hall–Kier alpha value is -2.49. The maximum absolute atomic E-state index is 12.4. The number of hydrogen-bond acceptors (Lipinski definition) is 10. The van der Waals surface area contributed by atoms with E-state index in [4.69, 9.17) is 14.5 Å². The number of aliphatic hydroxyl groups excluding tert-OH is 1. The van der Waals surface area contributed by atoms with E-state index in [0.29, 0.717) is 0 Å². The average molecular weight is 528 g/mol. The van der Waals surface area contributed by atoms with E-state index in [1.807, 2.05) is 33.8 Å². The summed E-state index contributed by atoms with van der Waals surface area (Å²) in [6, 6.07) is 1.10. The van der Waals surface area contributed by atoms with Gasteiger partial charge in [0.2, 0.25) is 0 Å². The third-order valence-electron chi connectivity index (χ3n) is 6.52. The van der Waals surface area contributed by atoms with Crippen LogP contribution in [0.1, 0.15) is 45.5 Å². The summed E-state index contributed by atoms with van der Waals surface area (Å²) in [5, 5.41) is 31.1. The molecule has 0 aromatic carbocycles. The molecule has 36 heavy (non-hydrogen) atoms. The lowest BCUT2D eigenvalue weighted by molar-refractivity contribution is -0.185. The predicted octanol–water partition coefficient (Wildman–Crippen LogP) is -0.532. The molecule has 4 heterocycles. The number of rotatable bonds is 7. The number of hydrogen-bond donors (Lipinski definition) is 5. The minimum Gasteiger partial charge on any atom is -0.389 e. The van der Waals surface area contributed by atoms with Gasteiger partial charge in [-0.15, -0.1) is 5.10 Å². The second kappa shape index (κ2) is 9.11. The molecule has 198 valence electrons. The van der Waals surface area contributed by atoms with E-state index in [0.717, 1.165) is 16.2 Å². The first-order valence-corrected chi connectivity index (χ1v) is 12.6. The first kappa shape index (κ1) is 26.6. The normalized spacial score (nSPS) is 27.9. The number of H-pyrrole nitrogens is 1. The van der Waals surface area contributed by atoms with Crippen LogP contribution in [0.25, 0.3) is 0 Å². The number of aliphatic hydroxyl groups is 1. The minimum atomic E-state index is -4.86. The number of aromatic amines is 1. The molecule has 0 saturated carbocycles. The van der Waals surface area contributed by atoms with Crippen LogP contribution < -0.4 is 11.2 Å². The quantitative estimate of drug-likeness (QED) is 0.227. The molecule has 0 radical (unpaired) electrons. The summed E-state index contributed by atoms with van der Waals surface area (Å²) >= 11 is 0. The Bertz CT molecular complexity index is 1330. The molecule has 0 unspecified atom stereocenters. The van der Waals surface area contributed by atoms with E-state index in [9.17, 15) is 24.5 Å². The lowest BCUT2D eigenvalue weighted by Crippen LogP contribution is -2.48. The maximum atomic E-state index is 12.4. The number of nitrogens with zero attached hydrogens (tertiary/aromatic N) is 5. The van der Waals surface area contributed by atoms with Crippen molar-refractivity contribution in [3.63, 3.8) is 0 Å². The van der Waals surface area contributed by atoms with Gasteiger partial charge in [0.15, 0.2) is 0 Å². The van der Waals surface area contributed by atoms with Crippen molar-refractivity contribution >= 4 is 7.82 Å². The van der Waals surface area contributed by atoms with E-state index in [-0.39, 0.29) is 12.2 Å². The number of phosphoric acid groups is 1. The topological polar surface area (TPSA) is 205 Å². The highest BCUT2D eigenvalue weighted by Crippen LogP contribution is 2.44. The van der Waals surface area contributed by atoms with Gasteiger partial charge in [-0.3, -0.25) is 18.9 Å². The SMILES string of the molecule is CC1(C)C=C(Cn2cc([C@@H]3[C@H](O)[C@@H](COP(=O)(O)O)O[C@H]3n3ccc(=O)[nH]c3=O)nn2)C(C)(C)N1O. The van der Waals surface area contributed by atoms with Crippen molar-refractivity contribution in [2.45, 2.75) is 69.7 Å². The van der Waals surface area contributed by atoms with Crippen molar-refractivity contribution in [3.8, 4) is 0 Å². The maximum Gasteiger partial charge on any atom is 0.469 e. The summed E-state index contributed by atoms with van der Waals surface area (Å²) in [5.74, 6) is -0.996. The first-order chi connectivity index (χ1) is 16.6. The van der Waals surface area contributed by atoms with Crippen LogP contribution in [-0.2, 0) is 20.4 Å². The van der Waals surface area contributed by atoms with E-state index in [2.05, 4.69) is 19.8 Å². The highest BCUT2D eigenvalue weighted by atomic mass is 31.2. The Morgan fingerprint density at radius 3 is 2.53 bits per heavy atom. The van der Waals surface area contributed by atoms with Gasteiger partial charge in [-0.25, -0.2) is 14.0 Å². The van der Waals surface area contributed by atoms with Gasteiger partial charge in [0.25, 0.3) is 5.56 Å². The van der Waals surface area contributed by atoms with Crippen LogP contribution in [0.15, 0.2) is 39.7 Å². The summed E-state index contributed by atoms with van der Waals surface area (Å²) in [5.41, 5.74) is -1.61. The van der Waals surface area contributed by atoms with Crippen molar-refractivity contribution < 1.29 is 33.9 Å². The molecule has 0 aliphatic carbocycles. The monoisotopic (exact) mass is 528 g/mol. The van der Waals surface area contributed by atoms with Crippen LogP contribution in [0.4, 0.5) is 0 Å². The summed E-state index contributed by atoms with van der Waals surface area (Å²) in [6.45, 7) is 7.08. The highest BCUT2D eigenvalue weighted by Gasteiger charge is 2.48. The Kier molecular flexibility index (Phi) is 6.73. The zero-order valence-electron chi connectivity index (χ0n) is 20.0. The van der Waals surface area contributed by atoms with Gasteiger partial charge < -0.3 is 24.8 Å². The molecule has 0 spiro atoms. The Morgan fingerprint density at radius 2 is 1.94 bits per heavy atom. The van der Waals surface area contributed by atoms with Gasteiger partial charge in [0, 0.05) is 18.5 Å². The fraction of sp³-hybridized carbons (Fsp3) is 0.600. The molecule has 4 rings (SSSR count). The molecule has 0 bridgehead atoms. The van der Waals surface area contributed by atoms with Crippen LogP contribution >= 0.6 is 7.82 Å². The Morgan fingerprint density at radius 1 is 1.25 bits per heavy atom. The molecule has 0 amide bonds. The van der Waals surface area contributed by atoms with E-state index >= 15 is 0 Å². The molecule has 1 saturated heterocycles. The van der Waals surface area contributed by atoms with Crippen molar-refractivity contribution in [1.82, 2.24) is 29.6 Å². The first-order valence-electron chi connectivity index (χ1n) is 11.1. The third kappa shape index (κ3) is 5.01. The molecular weight excluding hydrogens is 499 g/mol. The van der Waals surface area contributed by atoms with E-state index < -0.39 is 61.1 Å². The largest absolute Gasteiger partial charge is 0.469 e. The number of ether oxygens (including phenoxy) is 1. The van der Waals surface area contributed by atoms with E-state index in [1.54, 1.807) is 6.20 Å². The Balaban J connectivity index is 1.65. The van der Waals surface area contributed by atoms with Crippen molar-refractivity contribution in [2.75, 3.05) is 6.61 Å². The number of phosphoric ester groups is 1. The van der Waals surface area contributed by atoms with Crippen LogP contribution in [0, 0.1) is 0 Å². The summed E-state index contributed by atoms with van der Waals surface area (Å²) in [6.07, 6.45) is 0.869. The minimum absolute atomic E-state index is 0.237. The van der Waals surface area contributed by atoms with Crippen LogP contribution in [-0.4, -0.2) is 79.6 Å². The van der Waals surface area contributed by atoms with Gasteiger partial charge in [-0.1, -0.05) is 11.3 Å². The van der Waals surface area contributed by atoms with Crippen LogP contribution in [0.3, 0.4) is 0 Å². The summed E-state index contributed by atoms with van der Waals surface area (Å²) in [4.78, 5) is 44.2. The predicted molar refractivity (Wildman–Crippen MR) is 122 cm³/mol. The zero-order chi connectivity index (χ0) is 26.6. The highest BCUT2D eigenvalue weighted by molar-refractivity contribution is 7.46. The number of nitrogens with one attached hydrogen (secondary N) is 1. The molecule has 1 fully saturated rings. The molecule has 2 aromatic heterocycles. The summed E-state index contributed by atoms with van der Waals surface area (Å²) in [7, 11) is -4.86. The average Bonchev–Trinajstić information content (AvgIpc) is 3.38. The zero-order valence-corrected chi connectivity index (χ0v) is 20.9. The third-order valence-corrected chi connectivity index (χ3v) is 7.01. The second-order valence-electron chi connectivity index (χ2n) is 9.92. The van der Waals surface area contributed by atoms with Crippen LogP contribution in [0.2, 0.25) is 0 Å². The smallest absolute Gasteiger partial charge is 0.389 e. The molecule has 2 aromatic rings.